The van der Waals surface area contributed by atoms with Crippen molar-refractivity contribution in [3.8, 4) is 5.75 Å². The summed E-state index contributed by atoms with van der Waals surface area (Å²) in [7, 11) is 0. The van der Waals surface area contributed by atoms with E-state index in [2.05, 4.69) is 0 Å². The number of ketones is 1. The molecule has 0 N–H and O–H groups in total. The van der Waals surface area contributed by atoms with Crippen LogP contribution in [0.3, 0.4) is 0 Å². The molecule has 0 spiro atoms. The van der Waals surface area contributed by atoms with Crippen molar-refractivity contribution >= 4 is 34.8 Å². The zero-order valence-corrected chi connectivity index (χ0v) is 15.5. The summed E-state index contributed by atoms with van der Waals surface area (Å²) in [5.74, 6) is 2.03. The molecule has 0 aliphatic carbocycles. The van der Waals surface area contributed by atoms with E-state index in [9.17, 15) is 4.79 Å². The number of benzene rings is 1. The first kappa shape index (κ1) is 17.5. The average Bonchev–Trinajstić information content (AvgIpc) is 3.27. The molecule has 0 fully saturated rings. The number of allylic oxidation sites excluding steroid dienone is 1. The molecule has 2 heterocycles. The predicted molar refractivity (Wildman–Crippen MR) is 102 cm³/mol. The maximum atomic E-state index is 11.9. The van der Waals surface area contributed by atoms with Crippen LogP contribution in [0.15, 0.2) is 52.3 Å². The van der Waals surface area contributed by atoms with E-state index in [1.54, 1.807) is 12.1 Å². The molecule has 0 bridgehead atoms. The van der Waals surface area contributed by atoms with Gasteiger partial charge in [-0.15, -0.1) is 11.3 Å². The number of carbonyl (C=O) groups is 1. The fourth-order valence-corrected chi connectivity index (χ4v) is 3.12. The Balaban J connectivity index is 1.61. The Morgan fingerprint density at radius 2 is 2.00 bits per heavy atom. The van der Waals surface area contributed by atoms with E-state index < -0.39 is 0 Å². The lowest BCUT2D eigenvalue weighted by atomic mass is 10.1. The fraction of sp³-hybridized carbons (Fsp3) is 0.150. The van der Waals surface area contributed by atoms with E-state index in [-0.39, 0.29) is 5.78 Å². The SMILES string of the molecule is Cc1cc(OCc2ccc(/C=C/C(=O)c3cccs3)o2)cc(C)c1Cl. The molecule has 3 rings (SSSR count). The van der Waals surface area contributed by atoms with Crippen molar-refractivity contribution in [3.05, 3.63) is 80.4 Å². The number of carbonyl (C=O) groups excluding carboxylic acids is 1. The minimum atomic E-state index is -0.0312. The lowest BCUT2D eigenvalue weighted by Crippen LogP contribution is -1.95. The molecule has 128 valence electrons. The van der Waals surface area contributed by atoms with Gasteiger partial charge >= 0.3 is 0 Å². The molecule has 3 nitrogen and oxygen atoms in total. The third-order valence-electron chi connectivity index (χ3n) is 3.64. The zero-order valence-electron chi connectivity index (χ0n) is 13.9. The number of thiophene rings is 1. The van der Waals surface area contributed by atoms with Gasteiger partial charge in [0, 0.05) is 5.02 Å². The normalized spacial score (nSPS) is 11.2. The first-order chi connectivity index (χ1) is 12.0. The molecule has 0 radical (unpaired) electrons. The summed E-state index contributed by atoms with van der Waals surface area (Å²) in [5.41, 5.74) is 1.96. The number of aryl methyl sites for hydroxylation is 2. The van der Waals surface area contributed by atoms with Gasteiger partial charge in [-0.2, -0.15) is 0 Å². The molecule has 0 aliphatic heterocycles. The number of rotatable bonds is 6. The molecular weight excluding hydrogens is 356 g/mol. The first-order valence-corrected chi connectivity index (χ1v) is 9.03. The smallest absolute Gasteiger partial charge is 0.195 e. The second-order valence-corrected chi connectivity index (χ2v) is 6.96. The molecule has 25 heavy (non-hydrogen) atoms. The minimum absolute atomic E-state index is 0.0312. The quantitative estimate of drug-likeness (QED) is 0.388. The van der Waals surface area contributed by atoms with E-state index in [1.807, 2.05) is 49.6 Å². The van der Waals surface area contributed by atoms with Crippen LogP contribution in [0.25, 0.3) is 6.08 Å². The molecule has 0 amide bonds. The Morgan fingerprint density at radius 3 is 2.68 bits per heavy atom. The Labute approximate surface area is 155 Å². The molecule has 0 unspecified atom stereocenters. The summed E-state index contributed by atoms with van der Waals surface area (Å²) in [4.78, 5) is 12.6. The summed E-state index contributed by atoms with van der Waals surface area (Å²) >= 11 is 7.58. The standard InChI is InChI=1S/C20H17ClO3S/c1-13-10-17(11-14(2)20(13)21)23-12-16-6-5-15(24-16)7-8-18(22)19-4-3-9-25-19/h3-11H,12H2,1-2H3/b8-7+. The lowest BCUT2D eigenvalue weighted by Gasteiger charge is -2.08. The largest absolute Gasteiger partial charge is 0.486 e. The second-order valence-electron chi connectivity index (χ2n) is 5.64. The van der Waals surface area contributed by atoms with Crippen LogP contribution < -0.4 is 4.74 Å². The monoisotopic (exact) mass is 372 g/mol. The van der Waals surface area contributed by atoms with Crippen molar-refractivity contribution in [2.24, 2.45) is 0 Å². The van der Waals surface area contributed by atoms with Gasteiger partial charge in [0.2, 0.25) is 0 Å². The number of halogens is 1. The predicted octanol–water partition coefficient (Wildman–Crippen LogP) is 6.09. The summed E-state index contributed by atoms with van der Waals surface area (Å²) in [6.45, 7) is 4.21. The van der Waals surface area contributed by atoms with Gasteiger partial charge in [0.25, 0.3) is 0 Å². The van der Waals surface area contributed by atoms with Gasteiger partial charge in [0.05, 0.1) is 4.88 Å². The van der Waals surface area contributed by atoms with Gasteiger partial charge in [-0.1, -0.05) is 17.7 Å². The number of furan rings is 1. The van der Waals surface area contributed by atoms with Gasteiger partial charge in [0.15, 0.2) is 5.78 Å². The topological polar surface area (TPSA) is 39.4 Å². The lowest BCUT2D eigenvalue weighted by molar-refractivity contribution is 0.105. The fourth-order valence-electron chi connectivity index (χ4n) is 2.36. The van der Waals surface area contributed by atoms with Crippen molar-refractivity contribution < 1.29 is 13.9 Å². The molecule has 2 aromatic heterocycles. The molecular formula is C20H17ClO3S. The maximum absolute atomic E-state index is 11.9. The van der Waals surface area contributed by atoms with Gasteiger partial charge in [0.1, 0.15) is 23.9 Å². The number of hydrogen-bond donors (Lipinski definition) is 0. The Morgan fingerprint density at radius 1 is 1.24 bits per heavy atom. The molecule has 0 saturated heterocycles. The van der Waals surface area contributed by atoms with Gasteiger partial charge in [-0.25, -0.2) is 0 Å². The van der Waals surface area contributed by atoms with Crippen LogP contribution in [0.2, 0.25) is 5.02 Å². The Hall–Kier alpha value is -2.30. The van der Waals surface area contributed by atoms with Crippen LogP contribution in [-0.2, 0) is 6.61 Å². The number of ether oxygens (including phenoxy) is 1. The van der Waals surface area contributed by atoms with E-state index >= 15 is 0 Å². The highest BCUT2D eigenvalue weighted by Gasteiger charge is 2.06. The van der Waals surface area contributed by atoms with E-state index in [0.29, 0.717) is 23.0 Å². The average molecular weight is 373 g/mol. The van der Waals surface area contributed by atoms with Gasteiger partial charge in [-0.05, 0) is 72.8 Å². The van der Waals surface area contributed by atoms with E-state index in [4.69, 9.17) is 20.8 Å². The van der Waals surface area contributed by atoms with Crippen molar-refractivity contribution in [1.29, 1.82) is 0 Å². The molecule has 0 atom stereocenters. The minimum Gasteiger partial charge on any atom is -0.486 e. The zero-order chi connectivity index (χ0) is 17.8. The van der Waals surface area contributed by atoms with Crippen molar-refractivity contribution in [3.63, 3.8) is 0 Å². The maximum Gasteiger partial charge on any atom is 0.195 e. The molecule has 3 aromatic rings. The highest BCUT2D eigenvalue weighted by atomic mass is 35.5. The second kappa shape index (κ2) is 7.72. The number of hydrogen-bond acceptors (Lipinski definition) is 4. The summed E-state index contributed by atoms with van der Waals surface area (Å²) < 4.78 is 11.4. The Kier molecular flexibility index (Phi) is 5.41. The van der Waals surface area contributed by atoms with Crippen LogP contribution >= 0.6 is 22.9 Å². The first-order valence-electron chi connectivity index (χ1n) is 7.77. The molecule has 0 saturated carbocycles. The van der Waals surface area contributed by atoms with Crippen LogP contribution in [0.4, 0.5) is 0 Å². The molecule has 1 aromatic carbocycles. The van der Waals surface area contributed by atoms with E-state index in [0.717, 1.165) is 21.9 Å². The van der Waals surface area contributed by atoms with E-state index in [1.165, 1.54) is 17.4 Å². The summed E-state index contributed by atoms with van der Waals surface area (Å²) in [6.07, 6.45) is 3.18. The van der Waals surface area contributed by atoms with Crippen LogP contribution in [0.5, 0.6) is 5.75 Å². The Bertz CT molecular complexity index is 884. The van der Waals surface area contributed by atoms with Crippen molar-refractivity contribution in [1.82, 2.24) is 0 Å². The summed E-state index contributed by atoms with van der Waals surface area (Å²) in [5, 5.41) is 2.64. The van der Waals surface area contributed by atoms with Gasteiger partial charge < -0.3 is 9.15 Å². The third kappa shape index (κ3) is 4.41. The van der Waals surface area contributed by atoms with Crippen molar-refractivity contribution in [2.75, 3.05) is 0 Å². The summed E-state index contributed by atoms with van der Waals surface area (Å²) in [6, 6.07) is 11.1. The van der Waals surface area contributed by atoms with Crippen molar-refractivity contribution in [2.45, 2.75) is 20.5 Å². The van der Waals surface area contributed by atoms with Crippen LogP contribution in [0.1, 0.15) is 32.3 Å². The van der Waals surface area contributed by atoms with Gasteiger partial charge in [-0.3, -0.25) is 4.79 Å². The van der Waals surface area contributed by atoms with Crippen LogP contribution in [0, 0.1) is 13.8 Å². The highest BCUT2D eigenvalue weighted by Crippen LogP contribution is 2.26. The third-order valence-corrected chi connectivity index (χ3v) is 5.12. The van der Waals surface area contributed by atoms with Crippen LogP contribution in [-0.4, -0.2) is 5.78 Å². The highest BCUT2D eigenvalue weighted by molar-refractivity contribution is 7.12. The molecule has 5 heteroatoms. The molecule has 0 aliphatic rings.